The van der Waals surface area contributed by atoms with Gasteiger partial charge in [0, 0.05) is 50.5 Å². The number of hydrogen-bond donors (Lipinski definition) is 1. The van der Waals surface area contributed by atoms with Crippen molar-refractivity contribution in [1.82, 2.24) is 19.4 Å². The fraction of sp³-hybridized carbons (Fsp3) is 0.522. The molecule has 2 fully saturated rings. The van der Waals surface area contributed by atoms with E-state index in [-0.39, 0.29) is 41.6 Å². The zero-order valence-corrected chi connectivity index (χ0v) is 18.8. The summed E-state index contributed by atoms with van der Waals surface area (Å²) >= 11 is 0. The van der Waals surface area contributed by atoms with E-state index in [9.17, 15) is 9.59 Å². The van der Waals surface area contributed by atoms with Gasteiger partial charge in [-0.15, -0.1) is 0 Å². The summed E-state index contributed by atoms with van der Waals surface area (Å²) in [5, 5.41) is 6.89. The van der Waals surface area contributed by atoms with Gasteiger partial charge in [0.05, 0.1) is 12.2 Å². The Morgan fingerprint density at radius 3 is 2.52 bits per heavy atom. The summed E-state index contributed by atoms with van der Waals surface area (Å²) in [5.41, 5.74) is 1.14. The fourth-order valence-electron chi connectivity index (χ4n) is 5.28. The van der Waals surface area contributed by atoms with Gasteiger partial charge in [-0.2, -0.15) is 0 Å². The van der Waals surface area contributed by atoms with E-state index < -0.39 is 0 Å². The Labute approximate surface area is 191 Å². The molecule has 3 aliphatic heterocycles. The smallest absolute Gasteiger partial charge is 0.290 e. The summed E-state index contributed by atoms with van der Waals surface area (Å²) in [6.45, 7) is 7.02. The maximum atomic E-state index is 13.3. The van der Waals surface area contributed by atoms with Crippen LogP contribution >= 0.6 is 0 Å². The number of hydrogen-bond acceptors (Lipinski definition) is 7. The maximum absolute atomic E-state index is 13.3. The Bertz CT molecular complexity index is 1050. The SMILES string of the molecule is C[C@@H]1CN(C(=O)c2ccc3n(c2=O)C[C@H]2C[C@@H]3CN(c3ccncn3)C2)C[C@H](C)O1.O=CO. The summed E-state index contributed by atoms with van der Waals surface area (Å²) < 4.78 is 7.57. The van der Waals surface area contributed by atoms with Gasteiger partial charge in [0.25, 0.3) is 17.9 Å². The summed E-state index contributed by atoms with van der Waals surface area (Å²) in [4.78, 5) is 47.2. The van der Waals surface area contributed by atoms with E-state index in [1.807, 2.05) is 30.5 Å². The third-order valence-electron chi connectivity index (χ3n) is 6.43. The molecule has 10 heteroatoms. The Kier molecular flexibility index (Phi) is 6.73. The Balaban J connectivity index is 0.000000821. The average Bonchev–Trinajstić information content (AvgIpc) is 2.80. The maximum Gasteiger partial charge on any atom is 0.290 e. The van der Waals surface area contributed by atoms with Crippen LogP contribution in [0.1, 0.15) is 42.2 Å². The van der Waals surface area contributed by atoms with Crippen molar-refractivity contribution < 1.29 is 19.4 Å². The fourth-order valence-corrected chi connectivity index (χ4v) is 5.28. The van der Waals surface area contributed by atoms with Gasteiger partial charge in [-0.1, -0.05) is 0 Å². The minimum atomic E-state index is -0.250. The molecule has 0 spiro atoms. The summed E-state index contributed by atoms with van der Waals surface area (Å²) in [5.74, 6) is 1.36. The molecule has 176 valence electrons. The number of morpholine rings is 1. The first-order chi connectivity index (χ1) is 15.9. The van der Waals surface area contributed by atoms with Gasteiger partial charge < -0.3 is 24.2 Å². The molecule has 3 aliphatic rings. The van der Waals surface area contributed by atoms with Gasteiger partial charge in [0.15, 0.2) is 0 Å². The molecule has 2 aromatic rings. The van der Waals surface area contributed by atoms with Gasteiger partial charge in [-0.25, -0.2) is 9.97 Å². The van der Waals surface area contributed by atoms with E-state index in [2.05, 4.69) is 14.9 Å². The number of pyridine rings is 1. The number of carbonyl (C=O) groups is 2. The van der Waals surface area contributed by atoms with E-state index in [1.54, 1.807) is 23.5 Å². The van der Waals surface area contributed by atoms with Gasteiger partial charge in [-0.3, -0.25) is 14.4 Å². The van der Waals surface area contributed by atoms with Crippen molar-refractivity contribution in [2.24, 2.45) is 5.92 Å². The van der Waals surface area contributed by atoms with Crippen molar-refractivity contribution in [2.75, 3.05) is 31.1 Å². The lowest BCUT2D eigenvalue weighted by atomic mass is 9.83. The number of anilines is 1. The van der Waals surface area contributed by atoms with Crippen LogP contribution < -0.4 is 10.5 Å². The molecule has 0 aliphatic carbocycles. The van der Waals surface area contributed by atoms with E-state index in [0.29, 0.717) is 25.6 Å². The molecule has 0 aromatic carbocycles. The first-order valence-electron chi connectivity index (χ1n) is 11.2. The molecule has 33 heavy (non-hydrogen) atoms. The molecule has 5 rings (SSSR count). The van der Waals surface area contributed by atoms with Crippen molar-refractivity contribution in [3.8, 4) is 0 Å². The summed E-state index contributed by atoms with van der Waals surface area (Å²) in [6.07, 6.45) is 4.35. The molecule has 0 radical (unpaired) electrons. The standard InChI is InChI=1S/C22H27N5O3.CH2O2/c1-14-8-26(9-15(2)30-14)21(28)18-3-4-19-17-7-16(11-27(19)22(18)29)10-25(12-17)20-5-6-23-13-24-20;2-1-3/h3-6,13-17H,7-12H2,1-2H3;1H,(H,2,3)/t14-,15+,16-,17+;/m0./s1. The second-order valence-corrected chi connectivity index (χ2v) is 8.93. The molecule has 0 saturated carbocycles. The van der Waals surface area contributed by atoms with Crippen LogP contribution in [0, 0.1) is 5.92 Å². The molecule has 1 amide bonds. The number of carboxylic acid groups (broad SMARTS) is 1. The third kappa shape index (κ3) is 4.75. The monoisotopic (exact) mass is 455 g/mol. The van der Waals surface area contributed by atoms with Crippen LogP contribution in [0.3, 0.4) is 0 Å². The van der Waals surface area contributed by atoms with E-state index in [0.717, 1.165) is 31.0 Å². The van der Waals surface area contributed by atoms with Gasteiger partial charge in [0.2, 0.25) is 0 Å². The minimum Gasteiger partial charge on any atom is -0.483 e. The van der Waals surface area contributed by atoms with Crippen LogP contribution in [0.2, 0.25) is 0 Å². The first-order valence-corrected chi connectivity index (χ1v) is 11.2. The molecule has 0 unspecified atom stereocenters. The highest BCUT2D eigenvalue weighted by Gasteiger charge is 2.36. The number of aromatic nitrogens is 3. The number of amides is 1. The van der Waals surface area contributed by atoms with Gasteiger partial charge >= 0.3 is 0 Å². The van der Waals surface area contributed by atoms with Crippen LogP contribution in [0.25, 0.3) is 0 Å². The Morgan fingerprint density at radius 1 is 1.12 bits per heavy atom. The first kappa shape index (κ1) is 22.9. The van der Waals surface area contributed by atoms with Gasteiger partial charge in [0.1, 0.15) is 17.7 Å². The lowest BCUT2D eigenvalue weighted by Crippen LogP contribution is -2.51. The Hall–Kier alpha value is -3.27. The number of fused-ring (bicyclic) bond motifs is 4. The highest BCUT2D eigenvalue weighted by Crippen LogP contribution is 2.36. The summed E-state index contributed by atoms with van der Waals surface area (Å²) in [7, 11) is 0. The zero-order chi connectivity index (χ0) is 23.5. The molecule has 10 nitrogen and oxygen atoms in total. The van der Waals surface area contributed by atoms with E-state index >= 15 is 0 Å². The normalized spacial score (nSPS) is 26.0. The highest BCUT2D eigenvalue weighted by atomic mass is 16.5. The molecule has 2 aromatic heterocycles. The molecule has 2 saturated heterocycles. The predicted molar refractivity (Wildman–Crippen MR) is 120 cm³/mol. The number of carbonyl (C=O) groups excluding carboxylic acids is 1. The number of piperidine rings is 1. The second kappa shape index (κ2) is 9.70. The van der Waals surface area contributed by atoms with Crippen LogP contribution in [0.5, 0.6) is 0 Å². The Morgan fingerprint density at radius 2 is 1.85 bits per heavy atom. The van der Waals surface area contributed by atoms with E-state index in [4.69, 9.17) is 14.6 Å². The van der Waals surface area contributed by atoms with Crippen molar-refractivity contribution in [3.05, 3.63) is 52.3 Å². The van der Waals surface area contributed by atoms with Crippen molar-refractivity contribution in [1.29, 1.82) is 0 Å². The predicted octanol–water partition coefficient (Wildman–Crippen LogP) is 1.21. The number of ether oxygens (including phenoxy) is 1. The lowest BCUT2D eigenvalue weighted by molar-refractivity contribution is -0.122. The van der Waals surface area contributed by atoms with Crippen molar-refractivity contribution >= 4 is 18.2 Å². The largest absolute Gasteiger partial charge is 0.483 e. The highest BCUT2D eigenvalue weighted by molar-refractivity contribution is 5.94. The molecular formula is C23H29N5O5. The molecule has 5 heterocycles. The quantitative estimate of drug-likeness (QED) is 0.672. The van der Waals surface area contributed by atoms with Crippen LogP contribution in [0.15, 0.2) is 35.5 Å². The average molecular weight is 456 g/mol. The molecular weight excluding hydrogens is 426 g/mol. The molecule has 2 bridgehead atoms. The molecule has 1 N–H and O–H groups in total. The van der Waals surface area contributed by atoms with Crippen LogP contribution in [0.4, 0.5) is 5.82 Å². The van der Waals surface area contributed by atoms with Gasteiger partial charge in [-0.05, 0) is 44.4 Å². The summed E-state index contributed by atoms with van der Waals surface area (Å²) in [6, 6.07) is 5.64. The van der Waals surface area contributed by atoms with Crippen LogP contribution in [-0.2, 0) is 16.1 Å². The van der Waals surface area contributed by atoms with E-state index in [1.165, 1.54) is 0 Å². The van der Waals surface area contributed by atoms with Crippen LogP contribution in [-0.4, -0.2) is 75.3 Å². The minimum absolute atomic E-state index is 0.0229. The van der Waals surface area contributed by atoms with Crippen molar-refractivity contribution in [3.63, 3.8) is 0 Å². The topological polar surface area (TPSA) is 118 Å². The number of rotatable bonds is 2. The second-order valence-electron chi connectivity index (χ2n) is 8.93. The third-order valence-corrected chi connectivity index (χ3v) is 6.43. The zero-order valence-electron chi connectivity index (χ0n) is 18.8. The lowest BCUT2D eigenvalue weighted by Gasteiger charge is -2.43. The molecule has 4 atom stereocenters. The van der Waals surface area contributed by atoms with Crippen molar-refractivity contribution in [2.45, 2.75) is 44.9 Å². The number of nitrogens with zero attached hydrogens (tertiary/aromatic N) is 5.